The van der Waals surface area contributed by atoms with Gasteiger partial charge < -0.3 is 9.80 Å². The number of carbonyl (C=O) groups is 1. The van der Waals surface area contributed by atoms with Gasteiger partial charge in [-0.3, -0.25) is 19.8 Å². The predicted molar refractivity (Wildman–Crippen MR) is 106 cm³/mol. The second kappa shape index (κ2) is 8.57. The summed E-state index contributed by atoms with van der Waals surface area (Å²) in [5.41, 5.74) is 1.59. The van der Waals surface area contributed by atoms with E-state index in [-0.39, 0.29) is 11.6 Å². The van der Waals surface area contributed by atoms with Crippen LogP contribution in [0, 0.1) is 28.4 Å². The van der Waals surface area contributed by atoms with E-state index in [0.717, 1.165) is 38.2 Å². The molecule has 1 atom stereocenters. The van der Waals surface area contributed by atoms with Gasteiger partial charge in [0.1, 0.15) is 0 Å². The lowest BCUT2D eigenvalue weighted by Crippen LogP contribution is -2.52. The summed E-state index contributed by atoms with van der Waals surface area (Å²) in [6.45, 7) is 7.91. The average Bonchev–Trinajstić information content (AvgIpc) is 2.69. The summed E-state index contributed by atoms with van der Waals surface area (Å²) >= 11 is 0. The van der Waals surface area contributed by atoms with Crippen LogP contribution in [0.5, 0.6) is 0 Å². The molecule has 0 aromatic heterocycles. The van der Waals surface area contributed by atoms with Crippen LogP contribution in [0.3, 0.4) is 0 Å². The molecule has 3 rings (SSSR count). The number of nitrogens with zero attached hydrogens (tertiary/aromatic N) is 5. The van der Waals surface area contributed by atoms with Gasteiger partial charge in [-0.2, -0.15) is 5.26 Å². The highest BCUT2D eigenvalue weighted by molar-refractivity contribution is 5.78. The molecule has 2 fully saturated rings. The Morgan fingerprint density at radius 3 is 2.57 bits per heavy atom. The maximum atomic E-state index is 12.6. The number of piperidine rings is 1. The van der Waals surface area contributed by atoms with Gasteiger partial charge in [0.15, 0.2) is 0 Å². The van der Waals surface area contributed by atoms with Crippen LogP contribution in [0.1, 0.15) is 37.3 Å². The number of nitro groups is 1. The highest BCUT2D eigenvalue weighted by Gasteiger charge is 2.27. The van der Waals surface area contributed by atoms with E-state index in [9.17, 15) is 20.2 Å². The maximum absolute atomic E-state index is 12.6. The molecular weight excluding hydrogens is 358 g/mol. The Labute approximate surface area is 165 Å². The van der Waals surface area contributed by atoms with Crippen LogP contribution < -0.4 is 4.90 Å². The van der Waals surface area contributed by atoms with Crippen molar-refractivity contribution >= 4 is 17.3 Å². The average molecular weight is 385 g/mol. The first kappa shape index (κ1) is 20.1. The molecule has 1 aromatic carbocycles. The number of hydrogen-bond donors (Lipinski definition) is 0. The van der Waals surface area contributed by atoms with E-state index in [4.69, 9.17) is 0 Å². The first-order chi connectivity index (χ1) is 13.4. The minimum atomic E-state index is -0.436. The van der Waals surface area contributed by atoms with Crippen LogP contribution in [0.25, 0.3) is 0 Å². The third kappa shape index (κ3) is 4.25. The van der Waals surface area contributed by atoms with Gasteiger partial charge in [0.25, 0.3) is 5.69 Å². The molecule has 8 heteroatoms. The normalized spacial score (nSPS) is 20.7. The Hall–Kier alpha value is -2.66. The minimum absolute atomic E-state index is 0.0225. The fraction of sp³-hybridized carbons (Fsp3) is 0.600. The van der Waals surface area contributed by atoms with Crippen molar-refractivity contribution in [2.24, 2.45) is 0 Å². The Morgan fingerprint density at radius 1 is 1.25 bits per heavy atom. The number of piperazine rings is 1. The predicted octanol–water partition coefficient (Wildman–Crippen LogP) is 2.30. The highest BCUT2D eigenvalue weighted by atomic mass is 16.6. The van der Waals surface area contributed by atoms with Crippen molar-refractivity contribution in [3.05, 3.63) is 33.4 Å². The molecule has 0 saturated carbocycles. The molecule has 2 aliphatic rings. The number of anilines is 1. The molecule has 0 aliphatic carbocycles. The molecule has 8 nitrogen and oxygen atoms in total. The van der Waals surface area contributed by atoms with Gasteiger partial charge in [0, 0.05) is 50.5 Å². The van der Waals surface area contributed by atoms with Crippen molar-refractivity contribution in [2.75, 3.05) is 44.2 Å². The van der Waals surface area contributed by atoms with Crippen molar-refractivity contribution in [1.82, 2.24) is 9.80 Å². The standard InChI is InChI=1S/C20H27N5O3/c1-15-5-3-4-6-24(15)20(26)14-22-7-9-23(10-8-22)18-11-17(13-21)12-19(16(18)2)25(27)28/h11-12,15H,3-10,14H2,1-2H3/t15-/m0/s1. The van der Waals surface area contributed by atoms with E-state index in [1.165, 1.54) is 12.5 Å². The second-order valence-corrected chi connectivity index (χ2v) is 7.70. The maximum Gasteiger partial charge on any atom is 0.275 e. The van der Waals surface area contributed by atoms with Crippen LogP contribution in [-0.4, -0.2) is 65.9 Å². The summed E-state index contributed by atoms with van der Waals surface area (Å²) in [6.07, 6.45) is 3.35. The first-order valence-electron chi connectivity index (χ1n) is 9.86. The molecule has 1 amide bonds. The van der Waals surface area contributed by atoms with E-state index < -0.39 is 4.92 Å². The zero-order valence-electron chi connectivity index (χ0n) is 16.6. The largest absolute Gasteiger partial charge is 0.369 e. The molecule has 2 saturated heterocycles. The molecule has 0 radical (unpaired) electrons. The third-order valence-electron chi connectivity index (χ3n) is 5.87. The number of nitriles is 1. The molecule has 0 bridgehead atoms. The van der Waals surface area contributed by atoms with Crippen LogP contribution in [0.4, 0.5) is 11.4 Å². The molecular formula is C20H27N5O3. The molecule has 0 unspecified atom stereocenters. The highest BCUT2D eigenvalue weighted by Crippen LogP contribution is 2.31. The van der Waals surface area contributed by atoms with Gasteiger partial charge in [-0.15, -0.1) is 0 Å². The van der Waals surface area contributed by atoms with Gasteiger partial charge >= 0.3 is 0 Å². The van der Waals surface area contributed by atoms with E-state index in [0.29, 0.717) is 36.8 Å². The van der Waals surface area contributed by atoms with Crippen molar-refractivity contribution in [3.8, 4) is 6.07 Å². The minimum Gasteiger partial charge on any atom is -0.369 e. The Kier molecular flexibility index (Phi) is 6.15. The number of benzene rings is 1. The lowest BCUT2D eigenvalue weighted by Gasteiger charge is -2.39. The Bertz CT molecular complexity index is 796. The summed E-state index contributed by atoms with van der Waals surface area (Å²) in [5.74, 6) is 0.193. The van der Waals surface area contributed by atoms with Crippen LogP contribution in [-0.2, 0) is 4.79 Å². The van der Waals surface area contributed by atoms with Crippen LogP contribution >= 0.6 is 0 Å². The Morgan fingerprint density at radius 2 is 1.96 bits per heavy atom. The van der Waals surface area contributed by atoms with E-state index in [2.05, 4.69) is 16.7 Å². The SMILES string of the molecule is Cc1c(N2CCN(CC(=O)N3CCCC[C@@H]3C)CC2)cc(C#N)cc1[N+](=O)[O-]. The van der Waals surface area contributed by atoms with Crippen molar-refractivity contribution in [1.29, 1.82) is 5.26 Å². The zero-order chi connectivity index (χ0) is 20.3. The summed E-state index contributed by atoms with van der Waals surface area (Å²) in [6, 6.07) is 5.38. The first-order valence-corrected chi connectivity index (χ1v) is 9.86. The zero-order valence-corrected chi connectivity index (χ0v) is 16.6. The summed E-state index contributed by atoms with van der Waals surface area (Å²) in [7, 11) is 0. The summed E-state index contributed by atoms with van der Waals surface area (Å²) < 4.78 is 0. The van der Waals surface area contributed by atoms with E-state index in [1.807, 2.05) is 11.0 Å². The van der Waals surface area contributed by atoms with Gasteiger partial charge in [0.05, 0.1) is 28.7 Å². The van der Waals surface area contributed by atoms with Gasteiger partial charge in [0.2, 0.25) is 5.91 Å². The topological polar surface area (TPSA) is 93.7 Å². The second-order valence-electron chi connectivity index (χ2n) is 7.70. The molecule has 28 heavy (non-hydrogen) atoms. The van der Waals surface area contributed by atoms with Gasteiger partial charge in [-0.05, 0) is 39.2 Å². The molecule has 0 spiro atoms. The number of nitro benzene ring substituents is 1. The summed E-state index contributed by atoms with van der Waals surface area (Å²) in [5, 5.41) is 20.5. The number of amides is 1. The molecule has 0 N–H and O–H groups in total. The third-order valence-corrected chi connectivity index (χ3v) is 5.87. The summed E-state index contributed by atoms with van der Waals surface area (Å²) in [4.78, 5) is 29.7. The smallest absolute Gasteiger partial charge is 0.275 e. The monoisotopic (exact) mass is 385 g/mol. The van der Waals surface area contributed by atoms with E-state index in [1.54, 1.807) is 13.0 Å². The fourth-order valence-corrected chi connectivity index (χ4v) is 4.16. The van der Waals surface area contributed by atoms with Crippen molar-refractivity contribution < 1.29 is 9.72 Å². The lowest BCUT2D eigenvalue weighted by atomic mass is 10.0. The van der Waals surface area contributed by atoms with Crippen LogP contribution in [0.2, 0.25) is 0 Å². The van der Waals surface area contributed by atoms with Gasteiger partial charge in [-0.1, -0.05) is 0 Å². The molecule has 1 aromatic rings. The number of rotatable bonds is 4. The lowest BCUT2D eigenvalue weighted by molar-refractivity contribution is -0.385. The number of carbonyl (C=O) groups excluding carboxylic acids is 1. The van der Waals surface area contributed by atoms with Gasteiger partial charge in [-0.25, -0.2) is 0 Å². The number of likely N-dealkylation sites (tertiary alicyclic amines) is 1. The molecule has 2 heterocycles. The number of hydrogen-bond acceptors (Lipinski definition) is 6. The van der Waals surface area contributed by atoms with Crippen molar-refractivity contribution in [3.63, 3.8) is 0 Å². The quantitative estimate of drug-likeness (QED) is 0.583. The fourth-order valence-electron chi connectivity index (χ4n) is 4.16. The van der Waals surface area contributed by atoms with Crippen molar-refractivity contribution in [2.45, 2.75) is 39.2 Å². The molecule has 150 valence electrons. The Balaban J connectivity index is 1.64. The molecule has 2 aliphatic heterocycles. The van der Waals surface area contributed by atoms with Crippen LogP contribution in [0.15, 0.2) is 12.1 Å². The van der Waals surface area contributed by atoms with E-state index >= 15 is 0 Å².